The van der Waals surface area contributed by atoms with Crippen molar-refractivity contribution in [3.8, 4) is 11.5 Å². The van der Waals surface area contributed by atoms with Crippen molar-refractivity contribution in [1.82, 2.24) is 4.98 Å². The van der Waals surface area contributed by atoms with E-state index in [1.165, 1.54) is 18.2 Å². The topological polar surface area (TPSA) is 91.6 Å². The zero-order valence-electron chi connectivity index (χ0n) is 14.5. The number of hydrogen-bond acceptors (Lipinski definition) is 6. The van der Waals surface area contributed by atoms with E-state index in [9.17, 15) is 14.9 Å². The van der Waals surface area contributed by atoms with Crippen molar-refractivity contribution in [3.05, 3.63) is 93.8 Å². The van der Waals surface area contributed by atoms with Gasteiger partial charge in [-0.2, -0.15) is 0 Å². The molecule has 136 valence electrons. The summed E-state index contributed by atoms with van der Waals surface area (Å²) < 4.78 is 11.1. The van der Waals surface area contributed by atoms with E-state index in [4.69, 9.17) is 9.47 Å². The number of aryl methyl sites for hydroxylation is 1. The summed E-state index contributed by atoms with van der Waals surface area (Å²) in [6.07, 6.45) is 3.22. The third-order valence-electron chi connectivity index (χ3n) is 3.84. The number of benzene rings is 2. The highest BCUT2D eigenvalue weighted by molar-refractivity contribution is 5.90. The van der Waals surface area contributed by atoms with Crippen molar-refractivity contribution in [2.75, 3.05) is 0 Å². The average Bonchev–Trinajstić information content (AvgIpc) is 2.68. The molecule has 0 aliphatic heterocycles. The molecule has 27 heavy (non-hydrogen) atoms. The molecule has 0 unspecified atom stereocenters. The monoisotopic (exact) mass is 364 g/mol. The molecule has 0 aliphatic carbocycles. The number of rotatable bonds is 6. The summed E-state index contributed by atoms with van der Waals surface area (Å²) in [5, 5.41) is 11.0. The first-order valence-corrected chi connectivity index (χ1v) is 8.12. The summed E-state index contributed by atoms with van der Waals surface area (Å²) in [7, 11) is 0. The maximum Gasteiger partial charge on any atom is 0.338 e. The number of aromatic nitrogens is 1. The zero-order chi connectivity index (χ0) is 19.2. The van der Waals surface area contributed by atoms with Crippen LogP contribution in [0.15, 0.2) is 67.0 Å². The summed E-state index contributed by atoms with van der Waals surface area (Å²) in [5.74, 6) is 0.452. The lowest BCUT2D eigenvalue weighted by Gasteiger charge is -2.11. The Hall–Kier alpha value is -3.74. The Morgan fingerprint density at radius 1 is 1.15 bits per heavy atom. The first-order valence-electron chi connectivity index (χ1n) is 8.12. The van der Waals surface area contributed by atoms with Crippen molar-refractivity contribution in [2.24, 2.45) is 0 Å². The third kappa shape index (κ3) is 4.46. The van der Waals surface area contributed by atoms with Crippen molar-refractivity contribution in [1.29, 1.82) is 0 Å². The second kappa shape index (κ2) is 8.09. The largest absolute Gasteiger partial charge is 0.457 e. The maximum atomic E-state index is 12.3. The summed E-state index contributed by atoms with van der Waals surface area (Å²) >= 11 is 0. The highest BCUT2D eigenvalue weighted by Gasteiger charge is 2.16. The minimum Gasteiger partial charge on any atom is -0.457 e. The van der Waals surface area contributed by atoms with Gasteiger partial charge >= 0.3 is 5.97 Å². The fourth-order valence-corrected chi connectivity index (χ4v) is 2.42. The Balaban J connectivity index is 1.73. The van der Waals surface area contributed by atoms with Crippen LogP contribution in [0.3, 0.4) is 0 Å². The summed E-state index contributed by atoms with van der Waals surface area (Å²) in [6, 6.07) is 14.9. The first-order chi connectivity index (χ1) is 13.0. The highest BCUT2D eigenvalue weighted by atomic mass is 16.6. The Morgan fingerprint density at radius 2 is 1.96 bits per heavy atom. The van der Waals surface area contributed by atoms with Crippen LogP contribution in [0.25, 0.3) is 0 Å². The molecule has 0 amide bonds. The molecule has 0 saturated heterocycles. The van der Waals surface area contributed by atoms with Crippen molar-refractivity contribution in [2.45, 2.75) is 13.5 Å². The van der Waals surface area contributed by atoms with E-state index in [-0.39, 0.29) is 17.9 Å². The number of nitro benzene ring substituents is 1. The molecule has 0 aliphatic rings. The Morgan fingerprint density at radius 3 is 2.70 bits per heavy atom. The second-order valence-corrected chi connectivity index (χ2v) is 5.73. The van der Waals surface area contributed by atoms with E-state index in [0.29, 0.717) is 22.6 Å². The van der Waals surface area contributed by atoms with Crippen LogP contribution in [0.5, 0.6) is 11.5 Å². The van der Waals surface area contributed by atoms with Crippen LogP contribution in [0.4, 0.5) is 5.69 Å². The molecule has 0 saturated carbocycles. The molecule has 7 nitrogen and oxygen atoms in total. The number of hydrogen-bond donors (Lipinski definition) is 0. The van der Waals surface area contributed by atoms with Gasteiger partial charge in [-0.15, -0.1) is 0 Å². The van der Waals surface area contributed by atoms with Crippen molar-refractivity contribution < 1.29 is 19.2 Å². The molecule has 7 heteroatoms. The number of carbonyl (C=O) groups excluding carboxylic acids is 1. The molecule has 0 spiro atoms. The van der Waals surface area contributed by atoms with Gasteiger partial charge in [-0.3, -0.25) is 15.1 Å². The van der Waals surface area contributed by atoms with E-state index in [1.54, 1.807) is 55.7 Å². The summed E-state index contributed by atoms with van der Waals surface area (Å²) in [5.41, 5.74) is 1.14. The van der Waals surface area contributed by atoms with Crippen LogP contribution in [-0.4, -0.2) is 15.9 Å². The molecule has 1 heterocycles. The lowest BCUT2D eigenvalue weighted by molar-refractivity contribution is -0.385. The number of nitro groups is 1. The van der Waals surface area contributed by atoms with Gasteiger partial charge in [-0.25, -0.2) is 4.79 Å². The minimum absolute atomic E-state index is 0.0308. The number of nitrogens with zero attached hydrogens (tertiary/aromatic N) is 2. The molecule has 1 aromatic heterocycles. The van der Waals surface area contributed by atoms with Gasteiger partial charge in [0.15, 0.2) is 0 Å². The Kier molecular flexibility index (Phi) is 5.41. The number of ether oxygens (including phenoxy) is 2. The van der Waals surface area contributed by atoms with Crippen molar-refractivity contribution >= 4 is 11.7 Å². The highest BCUT2D eigenvalue weighted by Crippen LogP contribution is 2.26. The maximum absolute atomic E-state index is 12.3. The van der Waals surface area contributed by atoms with Crippen LogP contribution >= 0.6 is 0 Å². The molecule has 0 radical (unpaired) electrons. The number of esters is 1. The molecule has 3 aromatic rings. The number of pyridine rings is 1. The van der Waals surface area contributed by atoms with Crippen LogP contribution < -0.4 is 4.74 Å². The van der Waals surface area contributed by atoms with Crippen LogP contribution in [0, 0.1) is 17.0 Å². The zero-order valence-corrected chi connectivity index (χ0v) is 14.5. The van der Waals surface area contributed by atoms with E-state index in [0.717, 1.165) is 0 Å². The van der Waals surface area contributed by atoms with Gasteiger partial charge in [-0.05, 0) is 31.2 Å². The molecule has 0 atom stereocenters. The Labute approximate surface area is 155 Å². The number of carbonyl (C=O) groups is 1. The quantitative estimate of drug-likeness (QED) is 0.365. The summed E-state index contributed by atoms with van der Waals surface area (Å²) in [6.45, 7) is 1.58. The minimum atomic E-state index is -0.644. The van der Waals surface area contributed by atoms with Gasteiger partial charge in [0.1, 0.15) is 18.1 Å². The predicted octanol–water partition coefficient (Wildman–Crippen LogP) is 4.45. The lowest BCUT2D eigenvalue weighted by Crippen LogP contribution is -2.07. The van der Waals surface area contributed by atoms with Gasteiger partial charge in [-0.1, -0.05) is 24.3 Å². The fraction of sp³-hybridized carbons (Fsp3) is 0.100. The first kappa shape index (κ1) is 18.1. The molecule has 3 rings (SSSR count). The molecule has 0 N–H and O–H groups in total. The second-order valence-electron chi connectivity index (χ2n) is 5.73. The van der Waals surface area contributed by atoms with Gasteiger partial charge in [0.2, 0.25) is 0 Å². The predicted molar refractivity (Wildman–Crippen MR) is 97.7 cm³/mol. The van der Waals surface area contributed by atoms with Crippen LogP contribution in [-0.2, 0) is 11.3 Å². The normalized spacial score (nSPS) is 10.3. The van der Waals surface area contributed by atoms with Gasteiger partial charge < -0.3 is 9.47 Å². The van der Waals surface area contributed by atoms with Gasteiger partial charge in [0, 0.05) is 23.4 Å². The Bertz CT molecular complexity index is 973. The third-order valence-corrected chi connectivity index (χ3v) is 3.84. The van der Waals surface area contributed by atoms with Crippen LogP contribution in [0.1, 0.15) is 21.5 Å². The van der Waals surface area contributed by atoms with E-state index in [2.05, 4.69) is 4.98 Å². The molecule has 0 bridgehead atoms. The molecule has 0 fully saturated rings. The van der Waals surface area contributed by atoms with E-state index >= 15 is 0 Å². The van der Waals surface area contributed by atoms with Crippen LogP contribution in [0.2, 0.25) is 0 Å². The lowest BCUT2D eigenvalue weighted by atomic mass is 10.1. The standard InChI is InChI=1S/C20H16N2O5/c1-14-8-9-15(11-18(14)22(24)25)20(23)26-13-16-5-2-3-7-19(16)27-17-6-4-10-21-12-17/h2-12H,13H2,1H3. The van der Waals surface area contributed by atoms with Crippen molar-refractivity contribution in [3.63, 3.8) is 0 Å². The van der Waals surface area contributed by atoms with Gasteiger partial charge in [0.25, 0.3) is 5.69 Å². The van der Waals surface area contributed by atoms with E-state index < -0.39 is 10.9 Å². The number of para-hydroxylation sites is 1. The SMILES string of the molecule is Cc1ccc(C(=O)OCc2ccccc2Oc2cccnc2)cc1[N+](=O)[O-]. The molecular weight excluding hydrogens is 348 g/mol. The molecule has 2 aromatic carbocycles. The smallest absolute Gasteiger partial charge is 0.338 e. The summed E-state index contributed by atoms with van der Waals surface area (Å²) in [4.78, 5) is 26.8. The van der Waals surface area contributed by atoms with Gasteiger partial charge in [0.05, 0.1) is 16.7 Å². The fourth-order valence-electron chi connectivity index (χ4n) is 2.42. The van der Waals surface area contributed by atoms with E-state index in [1.807, 2.05) is 0 Å². The average molecular weight is 364 g/mol. The molecular formula is C20H16N2O5.